The van der Waals surface area contributed by atoms with E-state index in [2.05, 4.69) is 39.3 Å². The minimum atomic E-state index is 1.10. The summed E-state index contributed by atoms with van der Waals surface area (Å²) in [5.41, 5.74) is 2.74. The molecule has 0 aromatic rings. The van der Waals surface area contributed by atoms with Crippen LogP contribution in [-0.2, 0) is 0 Å². The number of rotatable bonds is 7. The molecule has 1 heteroatoms. The number of hydrogen-bond acceptors (Lipinski definition) is 1. The molecule has 0 saturated heterocycles. The fourth-order valence-corrected chi connectivity index (χ4v) is 1.70. The lowest BCUT2D eigenvalue weighted by atomic mass is 10.1. The van der Waals surface area contributed by atoms with Crippen LogP contribution in [0.5, 0.6) is 0 Å². The van der Waals surface area contributed by atoms with Crippen molar-refractivity contribution in [3.63, 3.8) is 0 Å². The topological polar surface area (TPSA) is 3.24 Å². The quantitative estimate of drug-likeness (QED) is 0.396. The predicted octanol–water partition coefficient (Wildman–Crippen LogP) is 6.03. The SMILES string of the molecule is C=C/C(C)=C(\CC)N(C)CCCCC.CC.CC. The molecular formula is C17H37N. The van der Waals surface area contributed by atoms with Crippen LogP contribution in [0.1, 0.15) is 74.1 Å². The molecule has 0 fully saturated rings. The van der Waals surface area contributed by atoms with E-state index in [0.29, 0.717) is 0 Å². The van der Waals surface area contributed by atoms with Gasteiger partial charge in [-0.15, -0.1) is 0 Å². The largest absolute Gasteiger partial charge is 0.378 e. The molecule has 0 atom stereocenters. The van der Waals surface area contributed by atoms with Crippen LogP contribution in [0.15, 0.2) is 23.9 Å². The second kappa shape index (κ2) is 18.6. The van der Waals surface area contributed by atoms with Gasteiger partial charge in [0.15, 0.2) is 0 Å². The monoisotopic (exact) mass is 255 g/mol. The molecule has 0 rings (SSSR count). The van der Waals surface area contributed by atoms with Gasteiger partial charge in [0.1, 0.15) is 0 Å². The van der Waals surface area contributed by atoms with Gasteiger partial charge >= 0.3 is 0 Å². The third-order valence-electron chi connectivity index (χ3n) is 2.65. The average Bonchev–Trinajstić information content (AvgIpc) is 2.44. The molecule has 0 aliphatic carbocycles. The first-order valence-electron chi connectivity index (χ1n) is 7.70. The van der Waals surface area contributed by atoms with E-state index >= 15 is 0 Å². The fraction of sp³-hybridized carbons (Fsp3) is 0.765. The summed E-state index contributed by atoms with van der Waals surface area (Å²) in [6.07, 6.45) is 6.96. The normalized spacial score (nSPS) is 10.2. The van der Waals surface area contributed by atoms with Crippen molar-refractivity contribution in [2.24, 2.45) is 0 Å². The highest BCUT2D eigenvalue weighted by Crippen LogP contribution is 2.14. The van der Waals surface area contributed by atoms with Crippen LogP contribution < -0.4 is 0 Å². The van der Waals surface area contributed by atoms with Gasteiger partial charge in [0.2, 0.25) is 0 Å². The van der Waals surface area contributed by atoms with Crippen molar-refractivity contribution in [2.45, 2.75) is 74.1 Å². The molecule has 0 bridgehead atoms. The highest BCUT2D eigenvalue weighted by atomic mass is 15.1. The standard InChI is InChI=1S/C13H25N.2C2H6/c1-6-9-10-11-14(5)13(8-3)12(4)7-2;2*1-2/h7H,2,6,8-11H2,1,3-5H3;2*1-2H3/b13-12+;;. The zero-order chi connectivity index (χ0) is 15.0. The van der Waals surface area contributed by atoms with E-state index in [-0.39, 0.29) is 0 Å². The van der Waals surface area contributed by atoms with Crippen molar-refractivity contribution in [1.29, 1.82) is 0 Å². The van der Waals surface area contributed by atoms with E-state index < -0.39 is 0 Å². The molecule has 0 aliphatic heterocycles. The van der Waals surface area contributed by atoms with E-state index in [1.165, 1.54) is 37.1 Å². The van der Waals surface area contributed by atoms with Gasteiger partial charge in [-0.25, -0.2) is 0 Å². The molecule has 0 saturated carbocycles. The first kappa shape index (κ1) is 22.5. The van der Waals surface area contributed by atoms with Gasteiger partial charge in [-0.05, 0) is 25.3 Å². The smallest absolute Gasteiger partial charge is 0.0171 e. The van der Waals surface area contributed by atoms with Gasteiger partial charge < -0.3 is 4.90 Å². The van der Waals surface area contributed by atoms with E-state index in [0.717, 1.165) is 6.42 Å². The molecule has 0 heterocycles. The highest BCUT2D eigenvalue weighted by Gasteiger charge is 2.03. The van der Waals surface area contributed by atoms with E-state index in [4.69, 9.17) is 0 Å². The Morgan fingerprint density at radius 3 is 1.89 bits per heavy atom. The van der Waals surface area contributed by atoms with Crippen molar-refractivity contribution < 1.29 is 0 Å². The van der Waals surface area contributed by atoms with Gasteiger partial charge in [0, 0.05) is 19.3 Å². The lowest BCUT2D eigenvalue weighted by molar-refractivity contribution is 0.387. The lowest BCUT2D eigenvalue weighted by Gasteiger charge is -2.23. The molecule has 110 valence electrons. The summed E-state index contributed by atoms with van der Waals surface area (Å²) in [7, 11) is 2.18. The van der Waals surface area contributed by atoms with Gasteiger partial charge in [0.25, 0.3) is 0 Å². The van der Waals surface area contributed by atoms with Crippen LogP contribution in [-0.4, -0.2) is 18.5 Å². The summed E-state index contributed by atoms with van der Waals surface area (Å²) in [5.74, 6) is 0. The van der Waals surface area contributed by atoms with E-state index in [9.17, 15) is 0 Å². The molecule has 18 heavy (non-hydrogen) atoms. The first-order valence-corrected chi connectivity index (χ1v) is 7.70. The van der Waals surface area contributed by atoms with Crippen molar-refractivity contribution >= 4 is 0 Å². The van der Waals surface area contributed by atoms with Gasteiger partial charge in [0.05, 0.1) is 0 Å². The molecule has 0 N–H and O–H groups in total. The maximum Gasteiger partial charge on any atom is 0.0171 e. The second-order valence-electron chi connectivity index (χ2n) is 3.82. The van der Waals surface area contributed by atoms with Crippen LogP contribution in [0, 0.1) is 0 Å². The highest BCUT2D eigenvalue weighted by molar-refractivity contribution is 5.20. The molecule has 0 spiro atoms. The van der Waals surface area contributed by atoms with Crippen molar-refractivity contribution in [1.82, 2.24) is 4.90 Å². The van der Waals surface area contributed by atoms with Crippen LogP contribution in [0.25, 0.3) is 0 Å². The first-order chi connectivity index (χ1) is 8.67. The number of unbranched alkanes of at least 4 members (excludes halogenated alkanes) is 2. The van der Waals surface area contributed by atoms with Crippen molar-refractivity contribution in [2.75, 3.05) is 13.6 Å². The summed E-state index contributed by atoms with van der Waals surface area (Å²) in [6.45, 7) is 19.6. The Morgan fingerprint density at radius 2 is 1.56 bits per heavy atom. The summed E-state index contributed by atoms with van der Waals surface area (Å²) >= 11 is 0. The third-order valence-corrected chi connectivity index (χ3v) is 2.65. The third kappa shape index (κ3) is 11.8. The molecule has 0 aromatic heterocycles. The zero-order valence-corrected chi connectivity index (χ0v) is 14.3. The van der Waals surface area contributed by atoms with Crippen LogP contribution >= 0.6 is 0 Å². The summed E-state index contributed by atoms with van der Waals surface area (Å²) in [6, 6.07) is 0. The minimum absolute atomic E-state index is 1.10. The molecular weight excluding hydrogens is 218 g/mol. The molecule has 0 unspecified atom stereocenters. The number of nitrogens with zero attached hydrogens (tertiary/aromatic N) is 1. The van der Waals surface area contributed by atoms with Gasteiger partial charge in [-0.3, -0.25) is 0 Å². The summed E-state index contributed by atoms with van der Waals surface area (Å²) in [5, 5.41) is 0. The average molecular weight is 255 g/mol. The maximum absolute atomic E-state index is 3.82. The predicted molar refractivity (Wildman–Crippen MR) is 88.0 cm³/mol. The second-order valence-corrected chi connectivity index (χ2v) is 3.82. The Kier molecular flexibility index (Phi) is 23.3. The fourth-order valence-electron chi connectivity index (χ4n) is 1.70. The Bertz CT molecular complexity index is 192. The van der Waals surface area contributed by atoms with Crippen LogP contribution in [0.3, 0.4) is 0 Å². The lowest BCUT2D eigenvalue weighted by Crippen LogP contribution is -2.19. The Hall–Kier alpha value is -0.720. The van der Waals surface area contributed by atoms with Crippen molar-refractivity contribution in [3.8, 4) is 0 Å². The Labute approximate surface area is 117 Å². The van der Waals surface area contributed by atoms with Crippen LogP contribution in [0.4, 0.5) is 0 Å². The molecule has 0 aromatic carbocycles. The van der Waals surface area contributed by atoms with Crippen molar-refractivity contribution in [3.05, 3.63) is 23.9 Å². The molecule has 0 radical (unpaired) electrons. The van der Waals surface area contributed by atoms with Gasteiger partial charge in [-0.1, -0.05) is 67.0 Å². The Morgan fingerprint density at radius 1 is 1.06 bits per heavy atom. The Balaban J connectivity index is -0.000000506. The molecule has 1 nitrogen and oxygen atoms in total. The summed E-state index contributed by atoms with van der Waals surface area (Å²) < 4.78 is 0. The zero-order valence-electron chi connectivity index (χ0n) is 14.3. The van der Waals surface area contributed by atoms with Gasteiger partial charge in [-0.2, -0.15) is 0 Å². The summed E-state index contributed by atoms with van der Waals surface area (Å²) in [4.78, 5) is 2.37. The number of hydrogen-bond donors (Lipinski definition) is 0. The molecule has 0 amide bonds. The molecule has 0 aliphatic rings. The van der Waals surface area contributed by atoms with E-state index in [1.54, 1.807) is 0 Å². The van der Waals surface area contributed by atoms with E-state index in [1.807, 2.05) is 33.8 Å². The van der Waals surface area contributed by atoms with Crippen LogP contribution in [0.2, 0.25) is 0 Å². The maximum atomic E-state index is 3.82. The number of allylic oxidation sites excluding steroid dienone is 3. The minimum Gasteiger partial charge on any atom is -0.378 e.